The van der Waals surface area contributed by atoms with Crippen molar-refractivity contribution in [3.63, 3.8) is 0 Å². The normalized spacial score (nSPS) is 16.3. The maximum atomic E-state index is 12.8. The molecule has 1 aliphatic rings. The van der Waals surface area contributed by atoms with Gasteiger partial charge in [0, 0.05) is 5.56 Å². The average Bonchev–Trinajstić information content (AvgIpc) is 2.82. The fourth-order valence-corrected chi connectivity index (χ4v) is 4.98. The molecule has 3 rings (SSSR count). The van der Waals surface area contributed by atoms with Crippen molar-refractivity contribution in [3.05, 3.63) is 58.0 Å². The minimum absolute atomic E-state index is 0.0390. The van der Waals surface area contributed by atoms with E-state index in [9.17, 15) is 17.6 Å². The van der Waals surface area contributed by atoms with Crippen LogP contribution in [-0.4, -0.2) is 20.1 Å². The van der Waals surface area contributed by atoms with Crippen LogP contribution in [0.3, 0.4) is 0 Å². The summed E-state index contributed by atoms with van der Waals surface area (Å²) in [4.78, 5) is 16.6. The second-order valence-electron chi connectivity index (χ2n) is 4.62. The van der Waals surface area contributed by atoms with Crippen LogP contribution in [0.2, 0.25) is 0 Å². The topological polar surface area (TPSA) is 72.8 Å². The predicted octanol–water partition coefficient (Wildman–Crippen LogP) is 1.89. The molecule has 0 spiro atoms. The molecular weight excluding hydrogens is 329 g/mol. The van der Waals surface area contributed by atoms with Gasteiger partial charge in [-0.2, -0.15) is 0 Å². The Kier molecular flexibility index (Phi) is 3.79. The third-order valence-electron chi connectivity index (χ3n) is 3.17. The number of fused-ring (bicyclic) bond motifs is 1. The largest absolute Gasteiger partial charge is 0.365 e. The van der Waals surface area contributed by atoms with Gasteiger partial charge in [0.2, 0.25) is 0 Å². The van der Waals surface area contributed by atoms with Crippen molar-refractivity contribution in [1.82, 2.24) is 0 Å². The van der Waals surface area contributed by atoms with Gasteiger partial charge in [0.15, 0.2) is 9.84 Å². The standard InChI is InChI=1S/C14H10FNO4S2/c15-10-3-1-9(2-4-10)13(17)20-16-12-5-7-21-14-11(12)6-8-22(14,18)19/h1-5,7H,6,8H2/b16-12+. The van der Waals surface area contributed by atoms with Gasteiger partial charge in [0.05, 0.1) is 11.3 Å². The molecule has 0 saturated carbocycles. The summed E-state index contributed by atoms with van der Waals surface area (Å²) in [7, 11) is -3.25. The lowest BCUT2D eigenvalue weighted by molar-refractivity contribution is 0.0497. The Morgan fingerprint density at radius 2 is 1.95 bits per heavy atom. The number of halogens is 1. The highest BCUT2D eigenvalue weighted by Gasteiger charge is 2.28. The van der Waals surface area contributed by atoms with Gasteiger partial charge in [0.1, 0.15) is 15.4 Å². The molecule has 0 bridgehead atoms. The highest BCUT2D eigenvalue weighted by atomic mass is 32.2. The van der Waals surface area contributed by atoms with Crippen molar-refractivity contribution < 1.29 is 22.4 Å². The summed E-state index contributed by atoms with van der Waals surface area (Å²) in [6.07, 6.45) is 0.349. The minimum Gasteiger partial charge on any atom is -0.312 e. The molecule has 1 aromatic carbocycles. The van der Waals surface area contributed by atoms with Crippen molar-refractivity contribution in [3.8, 4) is 0 Å². The molecule has 114 valence electrons. The molecule has 5 nitrogen and oxygen atoms in total. The van der Waals surface area contributed by atoms with Crippen molar-refractivity contribution in [2.75, 3.05) is 5.75 Å². The number of hydrogen-bond acceptors (Lipinski definition) is 6. The zero-order valence-electron chi connectivity index (χ0n) is 11.2. The van der Waals surface area contributed by atoms with Gasteiger partial charge in [-0.15, -0.1) is 11.3 Å². The van der Waals surface area contributed by atoms with Crippen LogP contribution in [0, 0.1) is 5.82 Å². The highest BCUT2D eigenvalue weighted by Crippen LogP contribution is 2.26. The summed E-state index contributed by atoms with van der Waals surface area (Å²) in [6.45, 7) is 0. The fraction of sp³-hybridized carbons (Fsp3) is 0.143. The van der Waals surface area contributed by atoms with Crippen LogP contribution in [0.15, 0.2) is 45.1 Å². The second-order valence-corrected chi connectivity index (χ2v) is 7.84. The van der Waals surface area contributed by atoms with Crippen LogP contribution in [0.5, 0.6) is 0 Å². The van der Waals surface area contributed by atoms with E-state index in [1.165, 1.54) is 12.1 Å². The summed E-state index contributed by atoms with van der Waals surface area (Å²) < 4.78 is 36.7. The molecule has 0 radical (unpaired) electrons. The first-order valence-electron chi connectivity index (χ1n) is 6.32. The molecule has 1 aromatic heterocycles. The first kappa shape index (κ1) is 14.9. The predicted molar refractivity (Wildman–Crippen MR) is 77.5 cm³/mol. The number of carbonyl (C=O) groups excluding carboxylic acids is 1. The van der Waals surface area contributed by atoms with Crippen LogP contribution in [0.1, 0.15) is 15.9 Å². The van der Waals surface area contributed by atoms with E-state index in [1.54, 1.807) is 11.4 Å². The number of sulfone groups is 1. The molecule has 0 atom stereocenters. The molecule has 0 fully saturated rings. The first-order valence-corrected chi connectivity index (χ1v) is 8.85. The third-order valence-corrected chi connectivity index (χ3v) is 6.50. The molecule has 0 amide bonds. The van der Waals surface area contributed by atoms with E-state index in [1.807, 2.05) is 0 Å². The van der Waals surface area contributed by atoms with Crippen LogP contribution < -0.4 is 5.36 Å². The molecule has 0 saturated heterocycles. The zero-order chi connectivity index (χ0) is 15.7. The summed E-state index contributed by atoms with van der Waals surface area (Å²) in [5.74, 6) is -1.15. The maximum Gasteiger partial charge on any atom is 0.365 e. The number of carbonyl (C=O) groups is 1. The number of nitrogens with zero attached hydrogens (tertiary/aromatic N) is 1. The van der Waals surface area contributed by atoms with E-state index < -0.39 is 21.6 Å². The Bertz CT molecular complexity index is 901. The Hall–Kier alpha value is -2.06. The number of benzene rings is 1. The van der Waals surface area contributed by atoms with E-state index in [4.69, 9.17) is 4.84 Å². The lowest BCUT2D eigenvalue weighted by Gasteiger charge is -1.99. The zero-order valence-corrected chi connectivity index (χ0v) is 12.8. The molecule has 1 aliphatic heterocycles. The lowest BCUT2D eigenvalue weighted by atomic mass is 10.2. The summed E-state index contributed by atoms with van der Waals surface area (Å²) in [5, 5.41) is 5.65. The van der Waals surface area contributed by atoms with Crippen molar-refractivity contribution in [2.24, 2.45) is 5.16 Å². The Labute approximate surface area is 129 Å². The van der Waals surface area contributed by atoms with E-state index in [-0.39, 0.29) is 15.5 Å². The van der Waals surface area contributed by atoms with Crippen LogP contribution in [0.4, 0.5) is 4.39 Å². The lowest BCUT2D eigenvalue weighted by Crippen LogP contribution is -2.11. The van der Waals surface area contributed by atoms with E-state index in [2.05, 4.69) is 5.16 Å². The van der Waals surface area contributed by atoms with Gasteiger partial charge in [-0.25, -0.2) is 17.6 Å². The van der Waals surface area contributed by atoms with E-state index >= 15 is 0 Å². The smallest absolute Gasteiger partial charge is 0.312 e. The van der Waals surface area contributed by atoms with Crippen molar-refractivity contribution in [1.29, 1.82) is 0 Å². The van der Waals surface area contributed by atoms with E-state index in [0.717, 1.165) is 23.5 Å². The maximum absolute atomic E-state index is 12.8. The molecule has 2 aromatic rings. The molecule has 22 heavy (non-hydrogen) atoms. The molecule has 8 heteroatoms. The monoisotopic (exact) mass is 339 g/mol. The minimum atomic E-state index is -3.25. The quantitative estimate of drug-likeness (QED) is 0.619. The van der Waals surface area contributed by atoms with E-state index in [0.29, 0.717) is 17.3 Å². The van der Waals surface area contributed by atoms with Gasteiger partial charge < -0.3 is 4.84 Å². The molecule has 0 unspecified atom stereocenters. The summed E-state index contributed by atoms with van der Waals surface area (Å²) >= 11 is 1.12. The van der Waals surface area contributed by atoms with Crippen molar-refractivity contribution >= 4 is 27.1 Å². The molecule has 0 N–H and O–H groups in total. The number of hydrogen-bond donors (Lipinski definition) is 0. The third kappa shape index (κ3) is 2.79. The van der Waals surface area contributed by atoms with Crippen LogP contribution in [0.25, 0.3) is 0 Å². The summed E-state index contributed by atoms with van der Waals surface area (Å²) in [6, 6.07) is 6.46. The van der Waals surface area contributed by atoms with Crippen LogP contribution in [-0.2, 0) is 21.1 Å². The second kappa shape index (κ2) is 5.62. The summed E-state index contributed by atoms with van der Waals surface area (Å²) in [5.41, 5.74) is 0.729. The molecule has 0 aliphatic carbocycles. The highest BCUT2D eigenvalue weighted by molar-refractivity contribution is 7.93. The molecular formula is C14H10FNO4S2. The Morgan fingerprint density at radius 1 is 1.23 bits per heavy atom. The van der Waals surface area contributed by atoms with Gasteiger partial charge in [-0.1, -0.05) is 5.16 Å². The molecule has 2 heterocycles. The average molecular weight is 339 g/mol. The first-order chi connectivity index (χ1) is 10.5. The Balaban J connectivity index is 1.90. The van der Waals surface area contributed by atoms with Gasteiger partial charge in [0.25, 0.3) is 0 Å². The Morgan fingerprint density at radius 3 is 2.68 bits per heavy atom. The van der Waals surface area contributed by atoms with Gasteiger partial charge >= 0.3 is 5.97 Å². The SMILES string of the molecule is O=C(O/N=c1\ccsc2c1CCS2(=O)=O)c1ccc(F)cc1. The van der Waals surface area contributed by atoms with Crippen LogP contribution >= 0.6 is 11.3 Å². The van der Waals surface area contributed by atoms with Gasteiger partial charge in [-0.05, 0) is 42.1 Å². The van der Waals surface area contributed by atoms with Gasteiger partial charge in [-0.3, -0.25) is 0 Å². The van der Waals surface area contributed by atoms with Crippen molar-refractivity contribution in [2.45, 2.75) is 10.6 Å². The number of rotatable bonds is 2. The fourth-order valence-electron chi connectivity index (χ4n) is 2.07.